The van der Waals surface area contributed by atoms with Crippen molar-refractivity contribution in [3.8, 4) is 5.75 Å². The first-order valence-corrected chi connectivity index (χ1v) is 8.10. The summed E-state index contributed by atoms with van der Waals surface area (Å²) in [6.45, 7) is 6.96. The fourth-order valence-electron chi connectivity index (χ4n) is 2.06. The average Bonchev–Trinajstić information content (AvgIpc) is 2.46. The molecular formula is C18H22BrNO. The van der Waals surface area contributed by atoms with E-state index in [0.717, 1.165) is 23.3 Å². The first-order chi connectivity index (χ1) is 10.1. The van der Waals surface area contributed by atoms with E-state index in [0.29, 0.717) is 12.5 Å². The van der Waals surface area contributed by atoms with Crippen LogP contribution in [-0.2, 0) is 13.2 Å². The van der Waals surface area contributed by atoms with Crippen LogP contribution in [0.5, 0.6) is 5.75 Å². The molecule has 0 aliphatic carbocycles. The summed E-state index contributed by atoms with van der Waals surface area (Å²) in [6.07, 6.45) is 0. The third-order valence-electron chi connectivity index (χ3n) is 3.10. The van der Waals surface area contributed by atoms with Gasteiger partial charge < -0.3 is 10.1 Å². The molecule has 0 radical (unpaired) electrons. The van der Waals surface area contributed by atoms with E-state index in [1.807, 2.05) is 24.3 Å². The highest BCUT2D eigenvalue weighted by Gasteiger charge is 2.01. The number of halogens is 1. The average molecular weight is 348 g/mol. The van der Waals surface area contributed by atoms with Gasteiger partial charge in [0.25, 0.3) is 0 Å². The van der Waals surface area contributed by atoms with Crippen molar-refractivity contribution in [2.45, 2.75) is 27.0 Å². The maximum Gasteiger partial charge on any atom is 0.133 e. The van der Waals surface area contributed by atoms with Gasteiger partial charge in [0.05, 0.1) is 4.47 Å². The normalized spacial score (nSPS) is 10.9. The molecule has 3 heteroatoms. The van der Waals surface area contributed by atoms with Crippen LogP contribution in [0.4, 0.5) is 0 Å². The van der Waals surface area contributed by atoms with E-state index in [9.17, 15) is 0 Å². The predicted octanol–water partition coefficient (Wildman–Crippen LogP) is 4.77. The topological polar surface area (TPSA) is 21.3 Å². The number of nitrogens with one attached hydrogen (secondary N) is 1. The van der Waals surface area contributed by atoms with Crippen molar-refractivity contribution in [1.29, 1.82) is 0 Å². The molecule has 0 amide bonds. The second-order valence-corrected chi connectivity index (χ2v) is 6.42. The van der Waals surface area contributed by atoms with Crippen LogP contribution in [0.2, 0.25) is 0 Å². The maximum absolute atomic E-state index is 5.85. The summed E-state index contributed by atoms with van der Waals surface area (Å²) < 4.78 is 6.84. The highest BCUT2D eigenvalue weighted by molar-refractivity contribution is 9.10. The Morgan fingerprint density at radius 3 is 2.57 bits per heavy atom. The SMILES string of the molecule is CC(C)CNCc1cccc(COc2ccccc2Br)c1. The molecule has 0 unspecified atom stereocenters. The summed E-state index contributed by atoms with van der Waals surface area (Å²) >= 11 is 3.50. The van der Waals surface area contributed by atoms with Crippen molar-refractivity contribution in [2.75, 3.05) is 6.54 Å². The van der Waals surface area contributed by atoms with E-state index >= 15 is 0 Å². The Kier molecular flexibility index (Phi) is 6.27. The molecule has 21 heavy (non-hydrogen) atoms. The smallest absolute Gasteiger partial charge is 0.133 e. The van der Waals surface area contributed by atoms with Crippen LogP contribution < -0.4 is 10.1 Å². The van der Waals surface area contributed by atoms with Crippen LogP contribution in [0, 0.1) is 5.92 Å². The summed E-state index contributed by atoms with van der Waals surface area (Å²) in [7, 11) is 0. The third kappa shape index (κ3) is 5.52. The summed E-state index contributed by atoms with van der Waals surface area (Å²) in [5.41, 5.74) is 2.48. The molecule has 2 nitrogen and oxygen atoms in total. The molecule has 0 heterocycles. The van der Waals surface area contributed by atoms with Crippen LogP contribution in [0.1, 0.15) is 25.0 Å². The Balaban J connectivity index is 1.90. The second kappa shape index (κ2) is 8.20. The van der Waals surface area contributed by atoms with Crippen molar-refractivity contribution in [3.63, 3.8) is 0 Å². The molecule has 0 aromatic heterocycles. The highest BCUT2D eigenvalue weighted by atomic mass is 79.9. The predicted molar refractivity (Wildman–Crippen MR) is 91.5 cm³/mol. The third-order valence-corrected chi connectivity index (χ3v) is 3.76. The molecular weight excluding hydrogens is 326 g/mol. The first-order valence-electron chi connectivity index (χ1n) is 7.31. The minimum Gasteiger partial charge on any atom is -0.488 e. The van der Waals surface area contributed by atoms with Crippen molar-refractivity contribution in [1.82, 2.24) is 5.32 Å². The van der Waals surface area contributed by atoms with Gasteiger partial charge >= 0.3 is 0 Å². The summed E-state index contributed by atoms with van der Waals surface area (Å²) in [6, 6.07) is 16.5. The van der Waals surface area contributed by atoms with Crippen LogP contribution in [-0.4, -0.2) is 6.54 Å². The number of benzene rings is 2. The van der Waals surface area contributed by atoms with Gasteiger partial charge in [-0.3, -0.25) is 0 Å². The number of hydrogen-bond donors (Lipinski definition) is 1. The second-order valence-electron chi connectivity index (χ2n) is 5.56. The Labute approximate surface area is 135 Å². The Bertz CT molecular complexity index is 569. The lowest BCUT2D eigenvalue weighted by Gasteiger charge is -2.10. The van der Waals surface area contributed by atoms with Gasteiger partial charge in [0.2, 0.25) is 0 Å². The molecule has 0 bridgehead atoms. The van der Waals surface area contributed by atoms with Gasteiger partial charge in [0.15, 0.2) is 0 Å². The van der Waals surface area contributed by atoms with Crippen LogP contribution >= 0.6 is 15.9 Å². The molecule has 2 aromatic rings. The monoisotopic (exact) mass is 347 g/mol. The Morgan fingerprint density at radius 2 is 1.81 bits per heavy atom. The Hall–Kier alpha value is -1.32. The van der Waals surface area contributed by atoms with E-state index in [1.54, 1.807) is 0 Å². The van der Waals surface area contributed by atoms with Crippen molar-refractivity contribution in [2.24, 2.45) is 5.92 Å². The molecule has 0 saturated heterocycles. The fraction of sp³-hybridized carbons (Fsp3) is 0.333. The molecule has 0 fully saturated rings. The quantitative estimate of drug-likeness (QED) is 0.778. The van der Waals surface area contributed by atoms with E-state index in [1.165, 1.54) is 11.1 Å². The van der Waals surface area contributed by atoms with Crippen LogP contribution in [0.15, 0.2) is 53.0 Å². The fourth-order valence-corrected chi connectivity index (χ4v) is 2.46. The van der Waals surface area contributed by atoms with Crippen molar-refractivity contribution >= 4 is 15.9 Å². The minimum atomic E-state index is 0.584. The maximum atomic E-state index is 5.85. The minimum absolute atomic E-state index is 0.584. The molecule has 112 valence electrons. The molecule has 0 saturated carbocycles. The van der Waals surface area contributed by atoms with Gasteiger partial charge in [-0.1, -0.05) is 50.2 Å². The van der Waals surface area contributed by atoms with Gasteiger partial charge in [-0.05, 0) is 51.7 Å². The summed E-state index contributed by atoms with van der Waals surface area (Å²) in [5.74, 6) is 1.55. The zero-order chi connectivity index (χ0) is 15.1. The molecule has 2 aromatic carbocycles. The first kappa shape index (κ1) is 16.1. The van der Waals surface area contributed by atoms with Gasteiger partial charge in [0, 0.05) is 6.54 Å². The summed E-state index contributed by atoms with van der Waals surface area (Å²) in [4.78, 5) is 0. The van der Waals surface area contributed by atoms with Gasteiger partial charge in [-0.15, -0.1) is 0 Å². The molecule has 0 aliphatic heterocycles. The van der Waals surface area contributed by atoms with Crippen LogP contribution in [0.3, 0.4) is 0 Å². The van der Waals surface area contributed by atoms with Crippen LogP contribution in [0.25, 0.3) is 0 Å². The zero-order valence-corrected chi connectivity index (χ0v) is 14.2. The molecule has 0 aliphatic rings. The number of ether oxygens (including phenoxy) is 1. The molecule has 0 atom stereocenters. The largest absolute Gasteiger partial charge is 0.488 e. The van der Waals surface area contributed by atoms with E-state index in [4.69, 9.17) is 4.74 Å². The van der Waals surface area contributed by atoms with Gasteiger partial charge in [0.1, 0.15) is 12.4 Å². The number of para-hydroxylation sites is 1. The molecule has 1 N–H and O–H groups in total. The van der Waals surface area contributed by atoms with E-state index < -0.39 is 0 Å². The van der Waals surface area contributed by atoms with Gasteiger partial charge in [-0.2, -0.15) is 0 Å². The van der Waals surface area contributed by atoms with Crippen molar-refractivity contribution < 1.29 is 4.74 Å². The van der Waals surface area contributed by atoms with E-state index in [2.05, 4.69) is 59.4 Å². The number of hydrogen-bond acceptors (Lipinski definition) is 2. The Morgan fingerprint density at radius 1 is 1.05 bits per heavy atom. The molecule has 0 spiro atoms. The lowest BCUT2D eigenvalue weighted by atomic mass is 10.1. The standard InChI is InChI=1S/C18H22BrNO/c1-14(2)11-20-12-15-6-5-7-16(10-15)13-21-18-9-4-3-8-17(18)19/h3-10,14,20H,11-13H2,1-2H3. The van der Waals surface area contributed by atoms with E-state index in [-0.39, 0.29) is 0 Å². The molecule has 2 rings (SSSR count). The highest BCUT2D eigenvalue weighted by Crippen LogP contribution is 2.24. The lowest BCUT2D eigenvalue weighted by Crippen LogP contribution is -2.19. The number of rotatable bonds is 7. The lowest BCUT2D eigenvalue weighted by molar-refractivity contribution is 0.304. The zero-order valence-electron chi connectivity index (χ0n) is 12.6. The van der Waals surface area contributed by atoms with Gasteiger partial charge in [-0.25, -0.2) is 0 Å². The van der Waals surface area contributed by atoms with Crippen molar-refractivity contribution in [3.05, 3.63) is 64.1 Å². The summed E-state index contributed by atoms with van der Waals surface area (Å²) in [5, 5.41) is 3.46.